The zero-order chi connectivity index (χ0) is 35.1. The molecule has 0 aliphatic heterocycles. The third-order valence-electron chi connectivity index (χ3n) is 11.6. The molecule has 0 heterocycles. The Morgan fingerprint density at radius 1 is 0.540 bits per heavy atom. The second kappa shape index (κ2) is 13.3. The SMILES string of the molecule is Cl.Cl.[CH2]=[Zr]([C]1=CC=CC1)([c]1ccc(C(C)(C)C)cc1)([c]1ccc(C(C)(C)C)cc1)[c]1c(C(C)(C)C)ccc2c1Cc1cc(C(C)(C)C)ccc1-2. The maximum atomic E-state index is 5.85. The van der Waals surface area contributed by atoms with Crippen molar-refractivity contribution in [1.82, 2.24) is 0 Å². The fourth-order valence-corrected chi connectivity index (χ4v) is 25.1. The molecular formula is C47H60Cl2Zr. The van der Waals surface area contributed by atoms with Gasteiger partial charge >= 0.3 is 295 Å². The molecule has 0 bridgehead atoms. The van der Waals surface area contributed by atoms with Gasteiger partial charge in [0.2, 0.25) is 0 Å². The van der Waals surface area contributed by atoms with Crippen LogP contribution < -0.4 is 9.81 Å². The van der Waals surface area contributed by atoms with Crippen molar-refractivity contribution in [2.45, 2.75) is 118 Å². The molecule has 0 saturated carbocycles. The first-order chi connectivity index (χ1) is 22.1. The normalized spacial score (nSPS) is 14.8. The van der Waals surface area contributed by atoms with Crippen LogP contribution >= 0.6 is 24.8 Å². The predicted molar refractivity (Wildman–Crippen MR) is 225 cm³/mol. The van der Waals surface area contributed by atoms with E-state index in [0.29, 0.717) is 0 Å². The van der Waals surface area contributed by atoms with Crippen molar-refractivity contribution in [3.05, 3.63) is 134 Å². The van der Waals surface area contributed by atoms with Gasteiger partial charge in [-0.05, 0) is 0 Å². The van der Waals surface area contributed by atoms with Gasteiger partial charge in [0.25, 0.3) is 0 Å². The summed E-state index contributed by atoms with van der Waals surface area (Å²) in [5.41, 5.74) is 11.6. The predicted octanol–water partition coefficient (Wildman–Crippen LogP) is 11.5. The van der Waals surface area contributed by atoms with Crippen LogP contribution in [0.2, 0.25) is 0 Å². The number of benzene rings is 4. The van der Waals surface area contributed by atoms with Gasteiger partial charge in [-0.15, -0.1) is 24.8 Å². The van der Waals surface area contributed by atoms with Crippen LogP contribution in [-0.4, -0.2) is 4.21 Å². The van der Waals surface area contributed by atoms with Crippen LogP contribution in [0.3, 0.4) is 0 Å². The third kappa shape index (κ3) is 6.48. The van der Waals surface area contributed by atoms with Gasteiger partial charge in [0.1, 0.15) is 0 Å². The minimum absolute atomic E-state index is 0. The van der Waals surface area contributed by atoms with Gasteiger partial charge < -0.3 is 0 Å². The van der Waals surface area contributed by atoms with E-state index in [-0.39, 0.29) is 46.5 Å². The van der Waals surface area contributed by atoms with Crippen molar-refractivity contribution in [1.29, 1.82) is 0 Å². The topological polar surface area (TPSA) is 0 Å². The van der Waals surface area contributed by atoms with Gasteiger partial charge in [0.05, 0.1) is 0 Å². The van der Waals surface area contributed by atoms with Crippen molar-refractivity contribution in [3.63, 3.8) is 0 Å². The van der Waals surface area contributed by atoms with Crippen LogP contribution in [0.5, 0.6) is 0 Å². The Bertz CT molecular complexity index is 1960. The van der Waals surface area contributed by atoms with E-state index in [1.54, 1.807) is 3.27 Å². The Balaban J connectivity index is 0.00000281. The third-order valence-corrected chi connectivity index (χ3v) is 28.0. The molecule has 0 N–H and O–H groups in total. The monoisotopic (exact) mass is 784 g/mol. The molecule has 0 spiro atoms. The molecule has 0 amide bonds. The summed E-state index contributed by atoms with van der Waals surface area (Å²) in [6, 6.07) is 31.8. The average molecular weight is 787 g/mol. The quantitative estimate of drug-likeness (QED) is 0.170. The first kappa shape index (κ1) is 40.5. The molecule has 2 aliphatic rings. The summed E-state index contributed by atoms with van der Waals surface area (Å²) in [4.78, 5) is 0. The van der Waals surface area contributed by atoms with E-state index in [9.17, 15) is 0 Å². The number of halogens is 2. The van der Waals surface area contributed by atoms with E-state index in [1.165, 1.54) is 54.3 Å². The van der Waals surface area contributed by atoms with E-state index < -0.39 is 18.3 Å². The molecule has 50 heavy (non-hydrogen) atoms. The molecule has 0 unspecified atom stereocenters. The number of rotatable bonds is 4. The van der Waals surface area contributed by atoms with Crippen LogP contribution in [0, 0.1) is 0 Å². The molecule has 0 nitrogen and oxygen atoms in total. The van der Waals surface area contributed by atoms with Crippen molar-refractivity contribution in [3.8, 4) is 11.1 Å². The summed E-state index contributed by atoms with van der Waals surface area (Å²) < 4.78 is 11.8. The average Bonchev–Trinajstić information content (AvgIpc) is 3.68. The zero-order valence-electron chi connectivity index (χ0n) is 32.7. The Morgan fingerprint density at radius 2 is 1.00 bits per heavy atom. The second-order valence-electron chi connectivity index (χ2n) is 19.0. The number of allylic oxidation sites excluding steroid dienone is 4. The molecular weight excluding hydrogens is 727 g/mol. The van der Waals surface area contributed by atoms with Crippen molar-refractivity contribution < 1.29 is 18.3 Å². The van der Waals surface area contributed by atoms with Gasteiger partial charge in [0.15, 0.2) is 0 Å². The summed E-state index contributed by atoms with van der Waals surface area (Å²) in [6.45, 7) is 28.1. The molecule has 0 atom stereocenters. The second-order valence-corrected chi connectivity index (χ2v) is 31.8. The van der Waals surface area contributed by atoms with E-state index >= 15 is 0 Å². The van der Waals surface area contributed by atoms with Crippen LogP contribution in [0.15, 0.2) is 100 Å². The molecule has 3 heteroatoms. The molecule has 0 aromatic heterocycles. The first-order valence-corrected chi connectivity index (χ1v) is 24.7. The van der Waals surface area contributed by atoms with E-state index in [1.807, 2.05) is 0 Å². The van der Waals surface area contributed by atoms with Gasteiger partial charge in [0, 0.05) is 0 Å². The molecule has 0 fully saturated rings. The van der Waals surface area contributed by atoms with Crippen molar-refractivity contribution in [2.24, 2.45) is 0 Å². The molecule has 0 radical (unpaired) electrons. The van der Waals surface area contributed by atoms with E-state index in [2.05, 4.69) is 180 Å². The fraction of sp³-hybridized carbons (Fsp3) is 0.383. The maximum absolute atomic E-state index is 5.85. The zero-order valence-corrected chi connectivity index (χ0v) is 36.8. The minimum atomic E-state index is -4.95. The molecule has 4 aromatic rings. The summed E-state index contributed by atoms with van der Waals surface area (Å²) >= 11 is -4.95. The number of hydrogen-bond acceptors (Lipinski definition) is 0. The summed E-state index contributed by atoms with van der Waals surface area (Å²) in [5.74, 6) is 0. The van der Waals surface area contributed by atoms with E-state index in [0.717, 1.165) is 12.8 Å². The van der Waals surface area contributed by atoms with Gasteiger partial charge in [-0.2, -0.15) is 0 Å². The van der Waals surface area contributed by atoms with Crippen LogP contribution in [-0.2, 0) is 46.4 Å². The van der Waals surface area contributed by atoms with Gasteiger partial charge in [-0.1, -0.05) is 0 Å². The van der Waals surface area contributed by atoms with Crippen molar-refractivity contribution >= 4 is 38.8 Å². The van der Waals surface area contributed by atoms with Crippen LogP contribution in [0.1, 0.15) is 123 Å². The Hall–Kier alpha value is -2.31. The Morgan fingerprint density at radius 3 is 1.42 bits per heavy atom. The summed E-state index contributed by atoms with van der Waals surface area (Å²) in [7, 11) is 0. The van der Waals surface area contributed by atoms with Gasteiger partial charge in [-0.3, -0.25) is 0 Å². The summed E-state index contributed by atoms with van der Waals surface area (Å²) in [6.07, 6.45) is 9.02. The Kier molecular flexibility index (Phi) is 10.7. The fourth-order valence-electron chi connectivity index (χ4n) is 8.52. The van der Waals surface area contributed by atoms with Gasteiger partial charge in [-0.25, -0.2) is 0 Å². The Labute approximate surface area is 317 Å². The number of hydrogen-bond donors (Lipinski definition) is 0. The molecule has 2 aliphatic carbocycles. The molecule has 0 saturated heterocycles. The first-order valence-electron chi connectivity index (χ1n) is 18.1. The molecule has 6 rings (SSSR count). The summed E-state index contributed by atoms with van der Waals surface area (Å²) in [5, 5.41) is 0. The standard InChI is InChI=1S/C21H25.2C10H13.C5H5.CH2.2ClH.Zr/c1-20(2,3)16-7-9-18-14(12-16)11-15-13-17(21(4,5)6)8-10-19(15)18;2*1-10(2,3)9-7-5-4-6-8-9;1-2-4-5-3-1;;;;/h7-10,12H,11H2,1-6H3;2*5-8H,1-3H3;1-3H,4H2;1H2;2*1H;. The van der Waals surface area contributed by atoms with Crippen LogP contribution in [0.25, 0.3) is 11.1 Å². The van der Waals surface area contributed by atoms with Crippen molar-refractivity contribution in [2.75, 3.05) is 0 Å². The number of fused-ring (bicyclic) bond motifs is 3. The van der Waals surface area contributed by atoms with E-state index in [4.69, 9.17) is 4.21 Å². The molecule has 4 aromatic carbocycles. The molecule has 266 valence electrons. The van der Waals surface area contributed by atoms with Crippen LogP contribution in [0.4, 0.5) is 0 Å².